The van der Waals surface area contributed by atoms with Crippen LogP contribution in [0.25, 0.3) is 11.3 Å². The average Bonchev–Trinajstić information content (AvgIpc) is 3.25. The Morgan fingerprint density at radius 3 is 2.59 bits per heavy atom. The first-order valence-electron chi connectivity index (χ1n) is 9.36. The average molecular weight is 382 g/mol. The van der Waals surface area contributed by atoms with E-state index in [1.165, 1.54) is 0 Å². The monoisotopic (exact) mass is 381 g/mol. The van der Waals surface area contributed by atoms with Gasteiger partial charge in [-0.25, -0.2) is 9.67 Å². The highest BCUT2D eigenvalue weighted by atomic mass is 32.1. The van der Waals surface area contributed by atoms with Crippen molar-refractivity contribution in [1.29, 1.82) is 0 Å². The second-order valence-electron chi connectivity index (χ2n) is 7.00. The van der Waals surface area contributed by atoms with E-state index < -0.39 is 0 Å². The molecular formula is C20H23N5OS. The molecule has 0 spiro atoms. The summed E-state index contributed by atoms with van der Waals surface area (Å²) < 4.78 is 1.68. The Bertz CT molecular complexity index is 917. The Kier molecular flexibility index (Phi) is 5.40. The molecule has 1 atom stereocenters. The van der Waals surface area contributed by atoms with E-state index in [1.54, 1.807) is 40.5 Å². The van der Waals surface area contributed by atoms with Gasteiger partial charge in [-0.05, 0) is 50.8 Å². The lowest BCUT2D eigenvalue weighted by molar-refractivity contribution is 0.259. The highest BCUT2D eigenvalue weighted by Crippen LogP contribution is 2.29. The van der Waals surface area contributed by atoms with Gasteiger partial charge in [-0.1, -0.05) is 0 Å². The van der Waals surface area contributed by atoms with E-state index >= 15 is 0 Å². The lowest BCUT2D eigenvalue weighted by Gasteiger charge is -2.31. The maximum atomic E-state index is 12.4. The van der Waals surface area contributed by atoms with Crippen LogP contribution in [0.2, 0.25) is 0 Å². The molecule has 1 N–H and O–H groups in total. The van der Waals surface area contributed by atoms with Crippen molar-refractivity contribution in [3.63, 3.8) is 0 Å². The van der Waals surface area contributed by atoms with E-state index in [0.29, 0.717) is 6.04 Å². The SMILES string of the molecule is CC(NC1CCC(n2nc(-c3ccncc3)ccc2=O)CC1)c1nccs1. The number of rotatable bonds is 5. The molecule has 0 radical (unpaired) electrons. The molecule has 0 aromatic carbocycles. The second-order valence-corrected chi connectivity index (χ2v) is 7.93. The number of thiazole rings is 1. The van der Waals surface area contributed by atoms with Crippen molar-refractivity contribution in [2.24, 2.45) is 0 Å². The van der Waals surface area contributed by atoms with Crippen molar-refractivity contribution in [3.8, 4) is 11.3 Å². The van der Waals surface area contributed by atoms with Crippen LogP contribution in [0.3, 0.4) is 0 Å². The lowest BCUT2D eigenvalue weighted by atomic mass is 9.91. The van der Waals surface area contributed by atoms with Gasteiger partial charge >= 0.3 is 0 Å². The summed E-state index contributed by atoms with van der Waals surface area (Å²) in [5.41, 5.74) is 1.77. The fourth-order valence-corrected chi connectivity index (χ4v) is 4.38. The van der Waals surface area contributed by atoms with Crippen molar-refractivity contribution in [1.82, 2.24) is 25.1 Å². The molecule has 4 rings (SSSR count). The molecule has 1 aliphatic rings. The number of hydrogen-bond acceptors (Lipinski definition) is 6. The summed E-state index contributed by atoms with van der Waals surface area (Å²) in [5, 5.41) is 11.5. The molecule has 3 aromatic heterocycles. The first-order valence-corrected chi connectivity index (χ1v) is 10.2. The van der Waals surface area contributed by atoms with Crippen LogP contribution in [0.1, 0.15) is 49.7 Å². The van der Waals surface area contributed by atoms with E-state index in [2.05, 4.69) is 27.3 Å². The summed E-state index contributed by atoms with van der Waals surface area (Å²) in [4.78, 5) is 20.8. The van der Waals surface area contributed by atoms with Crippen LogP contribution in [-0.2, 0) is 0 Å². The molecule has 27 heavy (non-hydrogen) atoms. The zero-order valence-corrected chi connectivity index (χ0v) is 16.1. The Morgan fingerprint density at radius 2 is 1.89 bits per heavy atom. The minimum absolute atomic E-state index is 0.0274. The van der Waals surface area contributed by atoms with Gasteiger partial charge in [0.25, 0.3) is 5.56 Å². The predicted octanol–water partition coefficient (Wildman–Crippen LogP) is 3.60. The number of nitrogens with one attached hydrogen (secondary N) is 1. The molecule has 0 saturated heterocycles. The number of aromatic nitrogens is 4. The molecule has 1 aliphatic carbocycles. The quantitative estimate of drug-likeness (QED) is 0.731. The lowest BCUT2D eigenvalue weighted by Crippen LogP contribution is -2.37. The Labute approximate surface area is 162 Å². The van der Waals surface area contributed by atoms with Gasteiger partial charge in [-0.3, -0.25) is 9.78 Å². The van der Waals surface area contributed by atoms with Crippen LogP contribution in [0.5, 0.6) is 0 Å². The van der Waals surface area contributed by atoms with E-state index in [4.69, 9.17) is 0 Å². The minimum atomic E-state index is -0.0274. The molecule has 3 aromatic rings. The summed E-state index contributed by atoms with van der Waals surface area (Å²) in [7, 11) is 0. The smallest absolute Gasteiger partial charge is 0.267 e. The number of hydrogen-bond donors (Lipinski definition) is 1. The molecule has 1 saturated carbocycles. The Morgan fingerprint density at radius 1 is 1.11 bits per heavy atom. The van der Waals surface area contributed by atoms with Crippen molar-refractivity contribution >= 4 is 11.3 Å². The highest BCUT2D eigenvalue weighted by Gasteiger charge is 2.25. The largest absolute Gasteiger partial charge is 0.305 e. The second kappa shape index (κ2) is 8.10. The summed E-state index contributed by atoms with van der Waals surface area (Å²) in [6.45, 7) is 2.16. The van der Waals surface area contributed by atoms with Crippen LogP contribution < -0.4 is 10.9 Å². The first kappa shape index (κ1) is 18.0. The normalized spacial score (nSPS) is 21.1. The standard InChI is InChI=1S/C20H23N5OS/c1-14(20-22-12-13-27-20)23-16-2-4-17(5-3-16)25-19(26)7-6-18(24-25)15-8-10-21-11-9-15/h6-14,16-17,23H,2-5H2,1H3. The molecule has 0 aliphatic heterocycles. The van der Waals surface area contributed by atoms with Gasteiger partial charge in [0.05, 0.1) is 17.8 Å². The molecule has 6 nitrogen and oxygen atoms in total. The first-order chi connectivity index (χ1) is 13.2. The van der Waals surface area contributed by atoms with Gasteiger partial charge in [0.15, 0.2) is 0 Å². The highest BCUT2D eigenvalue weighted by molar-refractivity contribution is 7.09. The van der Waals surface area contributed by atoms with Crippen LogP contribution in [-0.4, -0.2) is 25.8 Å². The third kappa shape index (κ3) is 4.14. The van der Waals surface area contributed by atoms with Gasteiger partial charge in [0.1, 0.15) is 5.01 Å². The topological polar surface area (TPSA) is 72.7 Å². The minimum Gasteiger partial charge on any atom is -0.305 e. The van der Waals surface area contributed by atoms with Gasteiger partial charge in [-0.2, -0.15) is 5.10 Å². The Hall–Kier alpha value is -2.38. The van der Waals surface area contributed by atoms with E-state index in [-0.39, 0.29) is 17.6 Å². The van der Waals surface area contributed by atoms with Gasteiger partial charge in [0.2, 0.25) is 0 Å². The molecule has 0 bridgehead atoms. The third-order valence-corrected chi connectivity index (χ3v) is 6.11. The number of nitrogens with zero attached hydrogens (tertiary/aromatic N) is 4. The van der Waals surface area contributed by atoms with Gasteiger partial charge < -0.3 is 5.32 Å². The maximum Gasteiger partial charge on any atom is 0.267 e. The zero-order valence-electron chi connectivity index (χ0n) is 15.3. The van der Waals surface area contributed by atoms with E-state index in [9.17, 15) is 4.79 Å². The van der Waals surface area contributed by atoms with Crippen molar-refractivity contribution in [2.75, 3.05) is 0 Å². The fourth-order valence-electron chi connectivity index (χ4n) is 3.72. The summed E-state index contributed by atoms with van der Waals surface area (Å²) in [6.07, 6.45) is 9.31. The summed E-state index contributed by atoms with van der Waals surface area (Å²) in [6, 6.07) is 8.12. The summed E-state index contributed by atoms with van der Waals surface area (Å²) >= 11 is 1.68. The number of pyridine rings is 1. The molecular weight excluding hydrogens is 358 g/mol. The van der Waals surface area contributed by atoms with Crippen LogP contribution in [0.15, 0.2) is 53.0 Å². The third-order valence-electron chi connectivity index (χ3n) is 5.15. The van der Waals surface area contributed by atoms with E-state index in [1.807, 2.05) is 23.7 Å². The van der Waals surface area contributed by atoms with Crippen LogP contribution in [0, 0.1) is 0 Å². The molecule has 0 amide bonds. The predicted molar refractivity (Wildman–Crippen MR) is 107 cm³/mol. The van der Waals surface area contributed by atoms with Crippen molar-refractivity contribution in [3.05, 3.63) is 63.6 Å². The molecule has 1 fully saturated rings. The maximum absolute atomic E-state index is 12.4. The van der Waals surface area contributed by atoms with Crippen LogP contribution in [0.4, 0.5) is 0 Å². The molecule has 1 unspecified atom stereocenters. The summed E-state index contributed by atoms with van der Waals surface area (Å²) in [5.74, 6) is 0. The molecule has 140 valence electrons. The zero-order chi connectivity index (χ0) is 18.6. The van der Waals surface area contributed by atoms with Crippen molar-refractivity contribution in [2.45, 2.75) is 50.7 Å². The van der Waals surface area contributed by atoms with Crippen LogP contribution >= 0.6 is 11.3 Å². The molecule has 7 heteroatoms. The van der Waals surface area contributed by atoms with Gasteiger partial charge in [0, 0.05) is 41.6 Å². The van der Waals surface area contributed by atoms with Crippen molar-refractivity contribution < 1.29 is 0 Å². The van der Waals surface area contributed by atoms with Gasteiger partial charge in [-0.15, -0.1) is 11.3 Å². The Balaban J connectivity index is 1.43. The van der Waals surface area contributed by atoms with E-state index in [0.717, 1.165) is 41.9 Å². The molecule has 3 heterocycles. The fraction of sp³-hybridized carbons (Fsp3) is 0.400.